The molecule has 0 aromatic heterocycles. The lowest BCUT2D eigenvalue weighted by Gasteiger charge is -2.37. The normalized spacial score (nSPS) is 36.9. The van der Waals surface area contributed by atoms with Gasteiger partial charge >= 0.3 is 0 Å². The summed E-state index contributed by atoms with van der Waals surface area (Å²) in [5.74, 6) is -0.608. The molecule has 0 aromatic rings. The van der Waals surface area contributed by atoms with E-state index in [-0.39, 0.29) is 23.7 Å². The molecule has 0 radical (unpaired) electrons. The number of aliphatic hydroxyl groups is 1. The number of hydrogen-bond donors (Lipinski definition) is 1. The van der Waals surface area contributed by atoms with E-state index >= 15 is 0 Å². The lowest BCUT2D eigenvalue weighted by molar-refractivity contribution is -0.594. The Morgan fingerprint density at radius 2 is 1.53 bits per heavy atom. The minimum absolute atomic E-state index is 0.00880. The maximum atomic E-state index is 11.2. The van der Waals surface area contributed by atoms with Crippen LogP contribution in [0.1, 0.15) is 44.9 Å². The highest BCUT2D eigenvalue weighted by atomic mass is 16.6. The van der Waals surface area contributed by atoms with Crippen molar-refractivity contribution in [2.45, 2.75) is 63.1 Å². The average Bonchev–Trinajstić information content (AvgIpc) is 2.38. The van der Waals surface area contributed by atoms with Crippen LogP contribution in [0.3, 0.4) is 0 Å². The van der Waals surface area contributed by atoms with Crippen molar-refractivity contribution < 1.29 is 15.0 Å². The number of aliphatic hydroxyl groups excluding tert-OH is 1. The predicted molar refractivity (Wildman–Crippen MR) is 66.9 cm³/mol. The highest BCUT2D eigenvalue weighted by Gasteiger charge is 2.54. The Labute approximate surface area is 111 Å². The predicted octanol–water partition coefficient (Wildman–Crippen LogP) is 1.63. The van der Waals surface area contributed by atoms with Crippen LogP contribution in [0, 0.1) is 32.1 Å². The summed E-state index contributed by atoms with van der Waals surface area (Å²) in [4.78, 5) is 21.5. The second kappa shape index (κ2) is 5.81. The first kappa shape index (κ1) is 14.2. The van der Waals surface area contributed by atoms with Gasteiger partial charge in [0.05, 0.1) is 5.92 Å². The van der Waals surface area contributed by atoms with Crippen LogP contribution >= 0.6 is 0 Å². The summed E-state index contributed by atoms with van der Waals surface area (Å²) < 4.78 is 0. The SMILES string of the molecule is O=[N+]([O-])C1CCC(O)C([N+](=O)[O-])C1C1CCCCC1. The zero-order valence-corrected chi connectivity index (χ0v) is 10.8. The van der Waals surface area contributed by atoms with Crippen molar-refractivity contribution in [1.82, 2.24) is 0 Å². The molecule has 1 N–H and O–H groups in total. The molecule has 4 atom stereocenters. The van der Waals surface area contributed by atoms with Crippen LogP contribution in [0.4, 0.5) is 0 Å². The molecular weight excluding hydrogens is 252 g/mol. The van der Waals surface area contributed by atoms with Gasteiger partial charge in [-0.3, -0.25) is 20.2 Å². The van der Waals surface area contributed by atoms with E-state index in [9.17, 15) is 25.3 Å². The van der Waals surface area contributed by atoms with Gasteiger partial charge in [-0.1, -0.05) is 19.3 Å². The molecule has 2 rings (SSSR count). The van der Waals surface area contributed by atoms with Crippen molar-refractivity contribution in [3.8, 4) is 0 Å². The molecule has 0 heterocycles. The zero-order chi connectivity index (χ0) is 14.0. The smallest absolute Gasteiger partial charge is 0.248 e. The summed E-state index contributed by atoms with van der Waals surface area (Å²) >= 11 is 0. The van der Waals surface area contributed by atoms with Crippen LogP contribution in [0.5, 0.6) is 0 Å². The second-order valence-corrected chi connectivity index (χ2v) is 5.75. The van der Waals surface area contributed by atoms with E-state index in [0.29, 0.717) is 0 Å². The number of nitro groups is 2. The molecule has 2 fully saturated rings. The van der Waals surface area contributed by atoms with Crippen molar-refractivity contribution in [2.75, 3.05) is 0 Å². The molecular formula is C12H20N2O5. The fraction of sp³-hybridized carbons (Fsp3) is 1.00. The first-order valence-corrected chi connectivity index (χ1v) is 6.97. The minimum atomic E-state index is -1.17. The lowest BCUT2D eigenvalue weighted by atomic mass is 9.68. The van der Waals surface area contributed by atoms with Crippen molar-refractivity contribution in [3.05, 3.63) is 20.2 Å². The number of nitrogens with zero attached hydrogens (tertiary/aromatic N) is 2. The largest absolute Gasteiger partial charge is 0.386 e. The van der Waals surface area contributed by atoms with Crippen LogP contribution < -0.4 is 0 Å². The van der Waals surface area contributed by atoms with Crippen LogP contribution in [-0.2, 0) is 0 Å². The van der Waals surface area contributed by atoms with Crippen LogP contribution in [0.25, 0.3) is 0 Å². The van der Waals surface area contributed by atoms with Crippen molar-refractivity contribution in [2.24, 2.45) is 11.8 Å². The first-order valence-electron chi connectivity index (χ1n) is 6.97. The standard InChI is InChI=1S/C12H20N2O5/c15-10-7-6-9(13(16)17)11(12(10)14(18)19)8-4-2-1-3-5-8/h8-12,15H,1-7H2. The third-order valence-electron chi connectivity index (χ3n) is 4.70. The summed E-state index contributed by atoms with van der Waals surface area (Å²) in [6, 6.07) is -2.05. The number of rotatable bonds is 3. The van der Waals surface area contributed by atoms with Crippen LogP contribution in [0.15, 0.2) is 0 Å². The van der Waals surface area contributed by atoms with E-state index < -0.39 is 29.0 Å². The summed E-state index contributed by atoms with van der Waals surface area (Å²) in [5.41, 5.74) is 0. The Morgan fingerprint density at radius 3 is 2.05 bits per heavy atom. The van der Waals surface area contributed by atoms with Crippen molar-refractivity contribution >= 4 is 0 Å². The molecule has 0 amide bonds. The zero-order valence-electron chi connectivity index (χ0n) is 10.8. The van der Waals surface area contributed by atoms with Gasteiger partial charge in [0.2, 0.25) is 12.1 Å². The highest BCUT2D eigenvalue weighted by molar-refractivity contribution is 4.92. The molecule has 0 aliphatic heterocycles. The van der Waals surface area contributed by atoms with E-state index in [1.807, 2.05) is 0 Å². The third-order valence-corrected chi connectivity index (χ3v) is 4.70. The molecule has 0 aromatic carbocycles. The molecule has 7 nitrogen and oxygen atoms in total. The van der Waals surface area contributed by atoms with Gasteiger partial charge in [-0.15, -0.1) is 0 Å². The molecule has 108 valence electrons. The van der Waals surface area contributed by atoms with Crippen molar-refractivity contribution in [1.29, 1.82) is 0 Å². The minimum Gasteiger partial charge on any atom is -0.386 e. The second-order valence-electron chi connectivity index (χ2n) is 5.75. The quantitative estimate of drug-likeness (QED) is 0.620. The maximum absolute atomic E-state index is 11.2. The Balaban J connectivity index is 2.26. The van der Waals surface area contributed by atoms with Gasteiger partial charge < -0.3 is 5.11 Å². The summed E-state index contributed by atoms with van der Waals surface area (Å²) in [6.45, 7) is 0. The molecule has 2 saturated carbocycles. The van der Waals surface area contributed by atoms with E-state index in [0.717, 1.165) is 32.1 Å². The lowest BCUT2D eigenvalue weighted by Crippen LogP contribution is -2.54. The molecule has 0 saturated heterocycles. The Bertz CT molecular complexity index is 356. The maximum Gasteiger partial charge on any atom is 0.248 e. The highest BCUT2D eigenvalue weighted by Crippen LogP contribution is 2.40. The first-order chi connectivity index (χ1) is 9.02. The summed E-state index contributed by atoms with van der Waals surface area (Å²) in [5, 5.41) is 32.3. The fourth-order valence-electron chi connectivity index (χ4n) is 3.83. The van der Waals surface area contributed by atoms with Gasteiger partial charge in [-0.2, -0.15) is 0 Å². The molecule has 2 aliphatic rings. The van der Waals surface area contributed by atoms with Gasteiger partial charge in [0.1, 0.15) is 6.10 Å². The van der Waals surface area contributed by atoms with E-state index in [2.05, 4.69) is 0 Å². The topological polar surface area (TPSA) is 107 Å². The van der Waals surface area contributed by atoms with Gasteiger partial charge in [0, 0.05) is 16.3 Å². The van der Waals surface area contributed by atoms with E-state index in [4.69, 9.17) is 0 Å². The molecule has 0 bridgehead atoms. The Morgan fingerprint density at radius 1 is 0.895 bits per heavy atom. The molecule has 2 aliphatic carbocycles. The Kier molecular flexibility index (Phi) is 4.34. The van der Waals surface area contributed by atoms with E-state index in [1.54, 1.807) is 0 Å². The average molecular weight is 272 g/mol. The van der Waals surface area contributed by atoms with E-state index in [1.165, 1.54) is 0 Å². The van der Waals surface area contributed by atoms with Crippen LogP contribution in [-0.4, -0.2) is 33.1 Å². The molecule has 19 heavy (non-hydrogen) atoms. The van der Waals surface area contributed by atoms with Gasteiger partial charge in [-0.25, -0.2) is 0 Å². The number of hydrogen-bond acceptors (Lipinski definition) is 5. The summed E-state index contributed by atoms with van der Waals surface area (Å²) in [6.07, 6.45) is 4.03. The van der Waals surface area contributed by atoms with Crippen LogP contribution in [0.2, 0.25) is 0 Å². The molecule has 0 spiro atoms. The van der Waals surface area contributed by atoms with Gasteiger partial charge in [0.15, 0.2) is 0 Å². The Hall–Kier alpha value is -1.24. The molecule has 4 unspecified atom stereocenters. The monoisotopic (exact) mass is 272 g/mol. The van der Waals surface area contributed by atoms with Gasteiger partial charge in [0.25, 0.3) is 0 Å². The van der Waals surface area contributed by atoms with Crippen molar-refractivity contribution in [3.63, 3.8) is 0 Å². The fourth-order valence-corrected chi connectivity index (χ4v) is 3.83. The van der Waals surface area contributed by atoms with Gasteiger partial charge in [-0.05, 0) is 25.2 Å². The summed E-state index contributed by atoms with van der Waals surface area (Å²) in [7, 11) is 0. The molecule has 7 heteroatoms. The third kappa shape index (κ3) is 2.86.